The van der Waals surface area contributed by atoms with Crippen molar-refractivity contribution in [2.75, 3.05) is 6.61 Å². The van der Waals surface area contributed by atoms with Gasteiger partial charge in [0.15, 0.2) is 5.60 Å². The molecule has 0 radical (unpaired) electrons. The van der Waals surface area contributed by atoms with Crippen molar-refractivity contribution in [1.29, 1.82) is 0 Å². The summed E-state index contributed by atoms with van der Waals surface area (Å²) in [7, 11) is 0. The van der Waals surface area contributed by atoms with Crippen LogP contribution in [0, 0.1) is 0 Å². The Morgan fingerprint density at radius 3 is 2.25 bits per heavy atom. The van der Waals surface area contributed by atoms with Crippen LogP contribution >= 0.6 is 0 Å². The average molecular weight is 182 g/mol. The van der Waals surface area contributed by atoms with E-state index in [9.17, 15) is 9.18 Å². The van der Waals surface area contributed by atoms with E-state index in [1.54, 1.807) is 0 Å². The number of hydrogen-bond acceptors (Lipinski definition) is 5. The SMILES string of the molecule is CC(O)(C(=O)F)C(O)C(O)CO. The zero-order chi connectivity index (χ0) is 9.94. The van der Waals surface area contributed by atoms with Crippen LogP contribution < -0.4 is 0 Å². The van der Waals surface area contributed by atoms with E-state index in [4.69, 9.17) is 20.4 Å². The fourth-order valence-electron chi connectivity index (χ4n) is 0.591. The molecule has 0 aliphatic heterocycles. The number of carbonyl (C=O) groups excluding carboxylic acids is 1. The molecule has 12 heavy (non-hydrogen) atoms. The highest BCUT2D eigenvalue weighted by Gasteiger charge is 2.42. The van der Waals surface area contributed by atoms with Gasteiger partial charge in [-0.25, -0.2) is 0 Å². The highest BCUT2D eigenvalue weighted by Crippen LogP contribution is 2.15. The van der Waals surface area contributed by atoms with Crippen molar-refractivity contribution >= 4 is 6.04 Å². The summed E-state index contributed by atoms with van der Waals surface area (Å²) in [4.78, 5) is 10.1. The molecule has 0 heterocycles. The molecule has 6 heteroatoms. The van der Waals surface area contributed by atoms with Gasteiger partial charge in [0.1, 0.15) is 12.2 Å². The summed E-state index contributed by atoms with van der Waals surface area (Å²) in [6, 6.07) is -2.16. The molecular formula is C6H11FO5. The maximum absolute atomic E-state index is 12.0. The van der Waals surface area contributed by atoms with Crippen molar-refractivity contribution in [1.82, 2.24) is 0 Å². The van der Waals surface area contributed by atoms with Crippen LogP contribution in [0.5, 0.6) is 0 Å². The highest BCUT2D eigenvalue weighted by atomic mass is 19.1. The molecule has 72 valence electrons. The molecule has 0 aliphatic rings. The predicted octanol–water partition coefficient (Wildman–Crippen LogP) is -2.05. The zero-order valence-electron chi connectivity index (χ0n) is 6.44. The molecule has 0 spiro atoms. The smallest absolute Gasteiger partial charge is 0.335 e. The molecule has 0 amide bonds. The monoisotopic (exact) mass is 182 g/mol. The Morgan fingerprint density at radius 1 is 1.58 bits per heavy atom. The van der Waals surface area contributed by atoms with Gasteiger partial charge in [-0.15, -0.1) is 0 Å². The summed E-state index contributed by atoms with van der Waals surface area (Å²) in [6.07, 6.45) is -3.79. The second-order valence-corrected chi connectivity index (χ2v) is 2.62. The van der Waals surface area contributed by atoms with E-state index in [1.807, 2.05) is 0 Å². The standard InChI is InChI=1S/C6H11FO5/c1-6(12,5(7)11)4(10)3(9)2-8/h3-4,8-10,12H,2H2,1H3. The minimum Gasteiger partial charge on any atom is -0.394 e. The molecule has 0 rings (SSSR count). The van der Waals surface area contributed by atoms with E-state index in [-0.39, 0.29) is 0 Å². The number of hydrogen-bond donors (Lipinski definition) is 4. The topological polar surface area (TPSA) is 98.0 Å². The Labute approximate surface area is 68.1 Å². The summed E-state index contributed by atoms with van der Waals surface area (Å²) in [5.41, 5.74) is -2.68. The number of rotatable bonds is 4. The number of aliphatic hydroxyl groups is 4. The van der Waals surface area contributed by atoms with Gasteiger partial charge in [0.25, 0.3) is 0 Å². The second kappa shape index (κ2) is 3.90. The Balaban J connectivity index is 4.44. The molecule has 0 aromatic carbocycles. The van der Waals surface area contributed by atoms with Crippen LogP contribution in [0.3, 0.4) is 0 Å². The van der Waals surface area contributed by atoms with Crippen LogP contribution in [0.25, 0.3) is 0 Å². The molecule has 3 unspecified atom stereocenters. The van der Waals surface area contributed by atoms with Crippen LogP contribution in [-0.2, 0) is 4.79 Å². The van der Waals surface area contributed by atoms with Crippen molar-refractivity contribution in [2.45, 2.75) is 24.7 Å². The molecular weight excluding hydrogens is 171 g/mol. The van der Waals surface area contributed by atoms with E-state index < -0.39 is 30.5 Å². The summed E-state index contributed by atoms with van der Waals surface area (Å²) < 4.78 is 12.0. The lowest BCUT2D eigenvalue weighted by Crippen LogP contribution is -2.52. The van der Waals surface area contributed by atoms with Gasteiger partial charge >= 0.3 is 6.04 Å². The van der Waals surface area contributed by atoms with Crippen molar-refractivity contribution in [2.24, 2.45) is 0 Å². The third-order valence-electron chi connectivity index (χ3n) is 1.53. The van der Waals surface area contributed by atoms with Crippen LogP contribution in [-0.4, -0.2) is 50.9 Å². The Kier molecular flexibility index (Phi) is 3.72. The zero-order valence-corrected chi connectivity index (χ0v) is 6.44. The molecule has 0 saturated heterocycles. The van der Waals surface area contributed by atoms with Crippen LogP contribution in [0.1, 0.15) is 6.92 Å². The van der Waals surface area contributed by atoms with Crippen LogP contribution in [0.15, 0.2) is 0 Å². The van der Waals surface area contributed by atoms with Crippen molar-refractivity contribution < 1.29 is 29.6 Å². The van der Waals surface area contributed by atoms with Gasteiger partial charge in [-0.1, -0.05) is 0 Å². The lowest BCUT2D eigenvalue weighted by atomic mass is 9.96. The number of halogens is 1. The third kappa shape index (κ3) is 2.21. The molecule has 0 fully saturated rings. The second-order valence-electron chi connectivity index (χ2n) is 2.62. The van der Waals surface area contributed by atoms with E-state index in [2.05, 4.69) is 0 Å². The van der Waals surface area contributed by atoms with E-state index >= 15 is 0 Å². The summed E-state index contributed by atoms with van der Waals surface area (Å²) in [5.74, 6) is 0. The molecule has 0 aromatic rings. The fraction of sp³-hybridized carbons (Fsp3) is 0.833. The lowest BCUT2D eigenvalue weighted by molar-refractivity contribution is -0.171. The first-order valence-corrected chi connectivity index (χ1v) is 3.23. The van der Waals surface area contributed by atoms with E-state index in [1.165, 1.54) is 0 Å². The van der Waals surface area contributed by atoms with Crippen molar-refractivity contribution in [3.63, 3.8) is 0 Å². The first-order valence-electron chi connectivity index (χ1n) is 3.23. The number of aliphatic hydroxyl groups excluding tert-OH is 3. The van der Waals surface area contributed by atoms with E-state index in [0.717, 1.165) is 0 Å². The summed E-state index contributed by atoms with van der Waals surface area (Å²) in [5, 5.41) is 34.8. The van der Waals surface area contributed by atoms with Gasteiger partial charge < -0.3 is 20.4 Å². The fourth-order valence-corrected chi connectivity index (χ4v) is 0.591. The first-order chi connectivity index (χ1) is 5.34. The maximum atomic E-state index is 12.0. The average Bonchev–Trinajstić information content (AvgIpc) is 2.01. The lowest BCUT2D eigenvalue weighted by Gasteiger charge is -2.26. The van der Waals surface area contributed by atoms with Crippen molar-refractivity contribution in [3.8, 4) is 0 Å². The maximum Gasteiger partial charge on any atom is 0.335 e. The third-order valence-corrected chi connectivity index (χ3v) is 1.53. The highest BCUT2D eigenvalue weighted by molar-refractivity contribution is 5.78. The Bertz CT molecular complexity index is 169. The molecule has 0 bridgehead atoms. The molecule has 4 N–H and O–H groups in total. The molecule has 0 saturated carbocycles. The Hall–Kier alpha value is -0.560. The van der Waals surface area contributed by atoms with Gasteiger partial charge in [-0.2, -0.15) is 4.39 Å². The first kappa shape index (κ1) is 11.4. The van der Waals surface area contributed by atoms with Gasteiger partial charge in [-0.05, 0) is 6.92 Å². The largest absolute Gasteiger partial charge is 0.394 e. The Morgan fingerprint density at radius 2 is 2.00 bits per heavy atom. The molecule has 0 aromatic heterocycles. The predicted molar refractivity (Wildman–Crippen MR) is 35.8 cm³/mol. The van der Waals surface area contributed by atoms with Gasteiger partial charge in [0, 0.05) is 0 Å². The summed E-state index contributed by atoms with van der Waals surface area (Å²) in [6.45, 7) is -0.163. The van der Waals surface area contributed by atoms with Crippen LogP contribution in [0.2, 0.25) is 0 Å². The van der Waals surface area contributed by atoms with Gasteiger partial charge in [-0.3, -0.25) is 4.79 Å². The molecule has 5 nitrogen and oxygen atoms in total. The molecule has 3 atom stereocenters. The van der Waals surface area contributed by atoms with Crippen molar-refractivity contribution in [3.05, 3.63) is 0 Å². The quantitative estimate of drug-likeness (QED) is 0.375. The normalized spacial score (nSPS) is 21.2. The number of carbonyl (C=O) groups is 1. The summed E-state index contributed by atoms with van der Waals surface area (Å²) >= 11 is 0. The van der Waals surface area contributed by atoms with E-state index in [0.29, 0.717) is 6.92 Å². The minimum atomic E-state index is -2.68. The van der Waals surface area contributed by atoms with Crippen LogP contribution in [0.4, 0.5) is 4.39 Å². The minimum absolute atomic E-state index is 0.707. The van der Waals surface area contributed by atoms with Gasteiger partial charge in [0.05, 0.1) is 6.61 Å². The molecule has 0 aliphatic carbocycles. The van der Waals surface area contributed by atoms with Gasteiger partial charge in [0.2, 0.25) is 0 Å².